The summed E-state index contributed by atoms with van der Waals surface area (Å²) in [5, 5.41) is 3.80. The summed E-state index contributed by atoms with van der Waals surface area (Å²) in [6.07, 6.45) is 4.82. The largest absolute Gasteiger partial charge is 0.326 e. The third-order valence-corrected chi connectivity index (χ3v) is 5.12. The highest BCUT2D eigenvalue weighted by Gasteiger charge is 2.38. The summed E-state index contributed by atoms with van der Waals surface area (Å²) in [5.41, 5.74) is 2.71. The Labute approximate surface area is 161 Å². The van der Waals surface area contributed by atoms with Crippen LogP contribution in [0.3, 0.4) is 0 Å². The number of hydrogen-bond acceptors (Lipinski definition) is 4. The van der Waals surface area contributed by atoms with E-state index < -0.39 is 6.04 Å². The Morgan fingerprint density at radius 2 is 1.82 bits per heavy atom. The van der Waals surface area contributed by atoms with Crippen molar-refractivity contribution >= 4 is 28.5 Å². The summed E-state index contributed by atoms with van der Waals surface area (Å²) in [7, 11) is 0. The van der Waals surface area contributed by atoms with Gasteiger partial charge in [-0.3, -0.25) is 14.6 Å². The topological polar surface area (TPSA) is 75.2 Å². The van der Waals surface area contributed by atoms with Gasteiger partial charge in [-0.15, -0.1) is 0 Å². The Kier molecular flexibility index (Phi) is 3.80. The van der Waals surface area contributed by atoms with Gasteiger partial charge in [-0.2, -0.15) is 0 Å². The zero-order valence-corrected chi connectivity index (χ0v) is 15.0. The lowest BCUT2D eigenvalue weighted by atomic mass is 10.1. The molecule has 6 heteroatoms. The molecule has 2 aromatic heterocycles. The van der Waals surface area contributed by atoms with Crippen LogP contribution in [0.2, 0.25) is 0 Å². The SMILES string of the molecule is O=C1Nc2ncc(C#Cc3cnc4ccccc4c3)cc2C(=O)N2CCC[C@@H]12. The second-order valence-corrected chi connectivity index (χ2v) is 6.93. The summed E-state index contributed by atoms with van der Waals surface area (Å²) in [4.78, 5) is 35.5. The summed E-state index contributed by atoms with van der Waals surface area (Å²) in [6.45, 7) is 0.592. The average Bonchev–Trinajstić information content (AvgIpc) is 3.19. The van der Waals surface area contributed by atoms with Crippen LogP contribution in [-0.4, -0.2) is 39.3 Å². The second kappa shape index (κ2) is 6.46. The third-order valence-electron chi connectivity index (χ3n) is 5.12. The molecule has 1 saturated heterocycles. The Morgan fingerprint density at radius 1 is 1.04 bits per heavy atom. The molecule has 0 aliphatic carbocycles. The van der Waals surface area contributed by atoms with E-state index in [4.69, 9.17) is 0 Å². The second-order valence-electron chi connectivity index (χ2n) is 6.93. The minimum atomic E-state index is -0.403. The number of para-hydroxylation sites is 1. The van der Waals surface area contributed by atoms with Crippen molar-refractivity contribution in [2.24, 2.45) is 0 Å². The number of fused-ring (bicyclic) bond motifs is 3. The van der Waals surface area contributed by atoms with E-state index in [0.717, 1.165) is 22.9 Å². The number of anilines is 1. The molecule has 2 aliphatic heterocycles. The van der Waals surface area contributed by atoms with E-state index >= 15 is 0 Å². The number of carbonyl (C=O) groups is 2. The van der Waals surface area contributed by atoms with Crippen LogP contribution in [0.4, 0.5) is 5.82 Å². The first-order valence-electron chi connectivity index (χ1n) is 9.18. The molecule has 3 aromatic rings. The van der Waals surface area contributed by atoms with Gasteiger partial charge in [0.25, 0.3) is 5.91 Å². The van der Waals surface area contributed by atoms with Crippen molar-refractivity contribution in [1.29, 1.82) is 0 Å². The number of benzene rings is 1. The van der Waals surface area contributed by atoms with Crippen LogP contribution < -0.4 is 5.32 Å². The molecule has 136 valence electrons. The van der Waals surface area contributed by atoms with E-state index in [2.05, 4.69) is 27.1 Å². The van der Waals surface area contributed by atoms with Gasteiger partial charge in [-0.1, -0.05) is 30.0 Å². The lowest BCUT2D eigenvalue weighted by molar-refractivity contribution is -0.119. The first-order valence-corrected chi connectivity index (χ1v) is 9.18. The molecule has 1 N–H and O–H groups in total. The van der Waals surface area contributed by atoms with Crippen molar-refractivity contribution in [2.75, 3.05) is 11.9 Å². The third kappa shape index (κ3) is 2.78. The number of pyridine rings is 2. The predicted octanol–water partition coefficient (Wildman–Crippen LogP) is 2.59. The van der Waals surface area contributed by atoms with Gasteiger partial charge < -0.3 is 10.2 Å². The summed E-state index contributed by atoms with van der Waals surface area (Å²) >= 11 is 0. The normalized spacial score (nSPS) is 18.0. The Balaban J connectivity index is 1.50. The summed E-state index contributed by atoms with van der Waals surface area (Å²) in [6, 6.07) is 11.1. The minimum Gasteiger partial charge on any atom is -0.326 e. The zero-order valence-electron chi connectivity index (χ0n) is 15.0. The van der Waals surface area contributed by atoms with Gasteiger partial charge in [0.15, 0.2) is 0 Å². The van der Waals surface area contributed by atoms with Crippen molar-refractivity contribution < 1.29 is 9.59 Å². The molecule has 1 aromatic carbocycles. The van der Waals surface area contributed by atoms with Crippen molar-refractivity contribution in [3.8, 4) is 11.8 Å². The smallest absolute Gasteiger partial charge is 0.258 e. The standard InChI is InChI=1S/C22H16N4O2/c27-21-19-6-3-9-26(19)22(28)17-11-15(13-24-20(17)25-21)8-7-14-10-16-4-1-2-5-18(16)23-12-14/h1-2,4-5,10-13,19H,3,6,9H2,(H,24,25,27)/t19-/m0/s1. The van der Waals surface area contributed by atoms with Crippen LogP contribution in [0.25, 0.3) is 10.9 Å². The number of nitrogens with one attached hydrogen (secondary N) is 1. The number of nitrogens with zero attached hydrogens (tertiary/aromatic N) is 3. The van der Waals surface area contributed by atoms with Crippen molar-refractivity contribution in [3.63, 3.8) is 0 Å². The molecular weight excluding hydrogens is 352 g/mol. The highest BCUT2D eigenvalue weighted by atomic mass is 16.2. The molecule has 0 spiro atoms. The maximum Gasteiger partial charge on any atom is 0.258 e. The zero-order chi connectivity index (χ0) is 19.1. The molecule has 0 saturated carbocycles. The van der Waals surface area contributed by atoms with Gasteiger partial charge in [0, 0.05) is 35.5 Å². The van der Waals surface area contributed by atoms with Crippen LogP contribution >= 0.6 is 0 Å². The highest BCUT2D eigenvalue weighted by Crippen LogP contribution is 2.27. The number of hydrogen-bond donors (Lipinski definition) is 1. The molecule has 2 amide bonds. The van der Waals surface area contributed by atoms with Crippen LogP contribution in [0.1, 0.15) is 34.3 Å². The Morgan fingerprint density at radius 3 is 2.71 bits per heavy atom. The van der Waals surface area contributed by atoms with Crippen molar-refractivity contribution in [1.82, 2.24) is 14.9 Å². The molecule has 28 heavy (non-hydrogen) atoms. The predicted molar refractivity (Wildman–Crippen MR) is 105 cm³/mol. The quantitative estimate of drug-likeness (QED) is 0.619. The van der Waals surface area contributed by atoms with E-state index in [1.165, 1.54) is 0 Å². The number of amides is 2. The molecule has 4 heterocycles. The van der Waals surface area contributed by atoms with Gasteiger partial charge in [-0.05, 0) is 31.0 Å². The highest BCUT2D eigenvalue weighted by molar-refractivity contribution is 6.09. The fraction of sp³-hybridized carbons (Fsp3) is 0.182. The lowest BCUT2D eigenvalue weighted by Crippen LogP contribution is -2.40. The summed E-state index contributed by atoms with van der Waals surface area (Å²) < 4.78 is 0. The van der Waals surface area contributed by atoms with Gasteiger partial charge >= 0.3 is 0 Å². The van der Waals surface area contributed by atoms with E-state index in [0.29, 0.717) is 29.9 Å². The monoisotopic (exact) mass is 368 g/mol. The molecule has 1 atom stereocenters. The molecule has 5 rings (SSSR count). The first-order chi connectivity index (χ1) is 13.7. The molecule has 0 unspecified atom stereocenters. The van der Waals surface area contributed by atoms with Crippen molar-refractivity contribution in [3.05, 3.63) is 65.5 Å². The van der Waals surface area contributed by atoms with Crippen LogP contribution in [-0.2, 0) is 4.79 Å². The van der Waals surface area contributed by atoms with E-state index in [-0.39, 0.29) is 11.8 Å². The van der Waals surface area contributed by atoms with Crippen LogP contribution in [0.15, 0.2) is 48.8 Å². The fourth-order valence-electron chi connectivity index (χ4n) is 3.72. The number of carbonyl (C=O) groups excluding carboxylic acids is 2. The van der Waals surface area contributed by atoms with Gasteiger partial charge in [0.05, 0.1) is 11.1 Å². The lowest BCUT2D eigenvalue weighted by Gasteiger charge is -2.19. The minimum absolute atomic E-state index is 0.167. The van der Waals surface area contributed by atoms with Crippen molar-refractivity contribution in [2.45, 2.75) is 18.9 Å². The molecule has 0 radical (unpaired) electrons. The molecular formula is C22H16N4O2. The van der Waals surface area contributed by atoms with Gasteiger partial charge in [-0.25, -0.2) is 4.98 Å². The number of aromatic nitrogens is 2. The summed E-state index contributed by atoms with van der Waals surface area (Å²) in [5.74, 6) is 6.10. The molecule has 2 aliphatic rings. The van der Waals surface area contributed by atoms with Crippen LogP contribution in [0.5, 0.6) is 0 Å². The van der Waals surface area contributed by atoms with Crippen LogP contribution in [0, 0.1) is 11.8 Å². The van der Waals surface area contributed by atoms with E-state index in [9.17, 15) is 9.59 Å². The fourth-order valence-corrected chi connectivity index (χ4v) is 3.72. The Hall–Kier alpha value is -3.72. The molecule has 0 bridgehead atoms. The van der Waals surface area contributed by atoms with E-state index in [1.807, 2.05) is 30.3 Å². The molecule has 6 nitrogen and oxygen atoms in total. The van der Waals surface area contributed by atoms with Gasteiger partial charge in [0.1, 0.15) is 11.9 Å². The van der Waals surface area contributed by atoms with Gasteiger partial charge in [0.2, 0.25) is 5.91 Å². The first kappa shape index (κ1) is 16.5. The maximum absolute atomic E-state index is 12.9. The maximum atomic E-state index is 12.9. The van der Waals surface area contributed by atoms with E-state index in [1.54, 1.807) is 23.4 Å². The average molecular weight is 368 g/mol. The molecule has 1 fully saturated rings. The number of rotatable bonds is 0. The Bertz CT molecular complexity index is 1190.